The third-order valence-corrected chi connectivity index (χ3v) is 8.14. The number of anilines is 1. The molecule has 0 bridgehead atoms. The summed E-state index contributed by atoms with van der Waals surface area (Å²) in [5, 5.41) is 11.0. The normalized spacial score (nSPS) is 23.2. The van der Waals surface area contributed by atoms with E-state index >= 15 is 0 Å². The first kappa shape index (κ1) is 25.9. The third kappa shape index (κ3) is 4.63. The number of aliphatic carboxylic acids is 1. The molecule has 1 atom stereocenters. The molecule has 2 spiro atoms. The first-order valence-corrected chi connectivity index (χ1v) is 12.3. The Labute approximate surface area is 209 Å². The van der Waals surface area contributed by atoms with E-state index in [1.807, 2.05) is 39.7 Å². The van der Waals surface area contributed by atoms with Crippen molar-refractivity contribution in [3.05, 3.63) is 40.8 Å². The first-order valence-electron chi connectivity index (χ1n) is 11.4. The molecule has 2 aromatic heterocycles. The van der Waals surface area contributed by atoms with Gasteiger partial charge in [-0.15, -0.1) is 0 Å². The van der Waals surface area contributed by atoms with Crippen LogP contribution in [0, 0.1) is 10.8 Å². The topological polar surface area (TPSA) is 107 Å². The second-order valence-electron chi connectivity index (χ2n) is 9.35. The molecule has 0 saturated carbocycles. The number of piperidine rings is 1. The molecule has 1 N–H and O–H groups in total. The van der Waals surface area contributed by atoms with Crippen LogP contribution in [0.25, 0.3) is 0 Å². The van der Waals surface area contributed by atoms with E-state index in [2.05, 4.69) is 14.9 Å². The van der Waals surface area contributed by atoms with E-state index in [1.54, 1.807) is 23.7 Å². The molecule has 1 unspecified atom stereocenters. The fourth-order valence-corrected chi connectivity index (χ4v) is 6.21. The minimum absolute atomic E-state index is 0.103. The molecule has 3 aliphatic heterocycles. The molecule has 0 aromatic carbocycles. The highest BCUT2D eigenvalue weighted by Crippen LogP contribution is 2.58. The van der Waals surface area contributed by atoms with E-state index in [0.717, 1.165) is 37.9 Å². The second-order valence-corrected chi connectivity index (χ2v) is 10.1. The van der Waals surface area contributed by atoms with Gasteiger partial charge in [-0.25, -0.2) is 14.8 Å². The number of hydrogen-bond donors (Lipinski definition) is 1. The van der Waals surface area contributed by atoms with Crippen LogP contribution in [0.5, 0.6) is 0 Å². The lowest BCUT2D eigenvalue weighted by molar-refractivity contribution is -0.192. The van der Waals surface area contributed by atoms with E-state index in [9.17, 15) is 22.8 Å². The van der Waals surface area contributed by atoms with Gasteiger partial charge in [0.05, 0.1) is 11.0 Å². The van der Waals surface area contributed by atoms with Crippen LogP contribution >= 0.6 is 11.3 Å². The Kier molecular flexibility index (Phi) is 6.95. The van der Waals surface area contributed by atoms with Crippen molar-refractivity contribution in [1.82, 2.24) is 19.8 Å². The summed E-state index contributed by atoms with van der Waals surface area (Å²) in [6.45, 7) is 3.62. The Morgan fingerprint density at radius 3 is 2.22 bits per heavy atom. The zero-order valence-electron chi connectivity index (χ0n) is 19.6. The van der Waals surface area contributed by atoms with Gasteiger partial charge >= 0.3 is 12.1 Å². The van der Waals surface area contributed by atoms with Crippen LogP contribution in [-0.2, 0) is 9.59 Å². The standard InChI is InChI=1S/C21H25N5O2S.C2HF3O2/c1-24-9-6-21(18(24)28)15-26(19-22-7-2-8-23-19)14-20(21)4-10-25(11-5-20)17(27)16-3-12-29-13-16;3-2(4,5)1(6)7/h2-3,7-8,12-13H,4-6,9-11,14-15H2,1H3;(H,6,7). The lowest BCUT2D eigenvalue weighted by atomic mass is 9.60. The number of carbonyl (C=O) groups is 3. The molecule has 3 saturated heterocycles. The van der Waals surface area contributed by atoms with Gasteiger partial charge in [0.25, 0.3) is 5.91 Å². The highest BCUT2D eigenvalue weighted by atomic mass is 32.1. The van der Waals surface area contributed by atoms with Gasteiger partial charge in [0.15, 0.2) is 0 Å². The summed E-state index contributed by atoms with van der Waals surface area (Å²) in [6, 6.07) is 3.70. The minimum atomic E-state index is -5.08. The van der Waals surface area contributed by atoms with Crippen LogP contribution < -0.4 is 4.90 Å². The minimum Gasteiger partial charge on any atom is -0.475 e. The molecule has 0 radical (unpaired) electrons. The average Bonchev–Trinajstić information content (AvgIpc) is 3.57. The van der Waals surface area contributed by atoms with Gasteiger partial charge in [0.1, 0.15) is 0 Å². The van der Waals surface area contributed by atoms with Gasteiger partial charge in [-0.2, -0.15) is 24.5 Å². The molecular weight excluding hydrogens is 499 g/mol. The number of alkyl halides is 3. The first-order chi connectivity index (χ1) is 17.0. The van der Waals surface area contributed by atoms with Gasteiger partial charge in [-0.3, -0.25) is 9.59 Å². The van der Waals surface area contributed by atoms with Crippen LogP contribution in [0.15, 0.2) is 35.3 Å². The lowest BCUT2D eigenvalue weighted by Crippen LogP contribution is -2.53. The second kappa shape index (κ2) is 9.68. The summed E-state index contributed by atoms with van der Waals surface area (Å²) in [6.07, 6.45) is 0.969. The number of amides is 2. The largest absolute Gasteiger partial charge is 0.490 e. The van der Waals surface area contributed by atoms with E-state index in [-0.39, 0.29) is 17.2 Å². The van der Waals surface area contributed by atoms with Crippen molar-refractivity contribution in [2.45, 2.75) is 25.4 Å². The summed E-state index contributed by atoms with van der Waals surface area (Å²) >= 11 is 1.55. The van der Waals surface area contributed by atoms with Crippen molar-refractivity contribution in [2.24, 2.45) is 10.8 Å². The summed E-state index contributed by atoms with van der Waals surface area (Å²) in [7, 11) is 1.90. The average molecular weight is 526 g/mol. The molecular formula is C23H26F3N5O4S. The lowest BCUT2D eigenvalue weighted by Gasteiger charge is -2.46. The van der Waals surface area contributed by atoms with Crippen LogP contribution in [0.1, 0.15) is 29.6 Å². The van der Waals surface area contributed by atoms with Gasteiger partial charge in [0.2, 0.25) is 11.9 Å². The molecule has 0 aliphatic carbocycles. The van der Waals surface area contributed by atoms with E-state index < -0.39 is 17.6 Å². The Morgan fingerprint density at radius 2 is 1.72 bits per heavy atom. The quantitative estimate of drug-likeness (QED) is 0.643. The zero-order valence-corrected chi connectivity index (χ0v) is 20.4. The molecule has 5 rings (SSSR count). The van der Waals surface area contributed by atoms with Crippen molar-refractivity contribution in [2.75, 3.05) is 44.7 Å². The maximum Gasteiger partial charge on any atom is 0.490 e. The number of aromatic nitrogens is 2. The van der Waals surface area contributed by atoms with Crippen molar-refractivity contribution in [3.8, 4) is 0 Å². The van der Waals surface area contributed by atoms with E-state index in [0.29, 0.717) is 25.6 Å². The molecule has 3 aliphatic rings. The summed E-state index contributed by atoms with van der Waals surface area (Å²) in [4.78, 5) is 50.0. The van der Waals surface area contributed by atoms with Crippen molar-refractivity contribution in [1.29, 1.82) is 0 Å². The van der Waals surface area contributed by atoms with Crippen molar-refractivity contribution >= 4 is 35.1 Å². The molecule has 36 heavy (non-hydrogen) atoms. The maximum absolute atomic E-state index is 13.4. The van der Waals surface area contributed by atoms with Crippen LogP contribution in [-0.4, -0.2) is 88.6 Å². The molecule has 3 fully saturated rings. The molecule has 2 amide bonds. The fraction of sp³-hybridized carbons (Fsp3) is 0.522. The van der Waals surface area contributed by atoms with E-state index in [4.69, 9.17) is 9.90 Å². The van der Waals surface area contributed by atoms with E-state index in [1.165, 1.54) is 0 Å². The third-order valence-electron chi connectivity index (χ3n) is 7.45. The smallest absolute Gasteiger partial charge is 0.475 e. The number of nitrogens with zero attached hydrogens (tertiary/aromatic N) is 5. The van der Waals surface area contributed by atoms with Crippen LogP contribution in [0.2, 0.25) is 0 Å². The van der Waals surface area contributed by atoms with Crippen LogP contribution in [0.4, 0.5) is 19.1 Å². The predicted molar refractivity (Wildman–Crippen MR) is 125 cm³/mol. The van der Waals surface area contributed by atoms with Gasteiger partial charge in [-0.1, -0.05) is 0 Å². The van der Waals surface area contributed by atoms with Crippen molar-refractivity contribution < 1.29 is 32.7 Å². The molecule has 9 nitrogen and oxygen atoms in total. The number of carboxylic acid groups (broad SMARTS) is 1. The SMILES string of the molecule is CN1CCC2(CN(c3ncccn3)CC23CCN(C(=O)c2ccsc2)CC3)C1=O.O=C(O)C(F)(F)F. The Balaban J connectivity index is 0.000000384. The summed E-state index contributed by atoms with van der Waals surface area (Å²) in [5.74, 6) is -1.71. The Bertz CT molecular complexity index is 1110. The number of halogens is 3. The van der Waals surface area contributed by atoms with Crippen molar-refractivity contribution in [3.63, 3.8) is 0 Å². The highest BCUT2D eigenvalue weighted by molar-refractivity contribution is 7.08. The number of likely N-dealkylation sites (tertiary alicyclic amines) is 2. The van der Waals surface area contributed by atoms with Gasteiger partial charge in [0, 0.05) is 63.0 Å². The molecule has 194 valence electrons. The number of thiophene rings is 1. The predicted octanol–water partition coefficient (Wildman–Crippen LogP) is 2.76. The Hall–Kier alpha value is -3.22. The summed E-state index contributed by atoms with van der Waals surface area (Å²) in [5.41, 5.74) is 0.223. The monoisotopic (exact) mass is 525 g/mol. The molecule has 2 aromatic rings. The number of fused-ring (bicyclic) bond motifs is 1. The number of carbonyl (C=O) groups excluding carboxylic acids is 2. The van der Waals surface area contributed by atoms with Gasteiger partial charge in [-0.05, 0) is 36.8 Å². The number of rotatable bonds is 2. The number of hydrogen-bond acceptors (Lipinski definition) is 7. The van der Waals surface area contributed by atoms with Gasteiger partial charge < -0.3 is 19.8 Å². The Morgan fingerprint density at radius 1 is 1.08 bits per heavy atom. The molecule has 5 heterocycles. The zero-order chi connectivity index (χ0) is 26.1. The maximum atomic E-state index is 13.4. The number of carboxylic acids is 1. The van der Waals surface area contributed by atoms with Crippen LogP contribution in [0.3, 0.4) is 0 Å². The fourth-order valence-electron chi connectivity index (χ4n) is 5.58. The molecule has 13 heteroatoms. The summed E-state index contributed by atoms with van der Waals surface area (Å²) < 4.78 is 31.7. The highest BCUT2D eigenvalue weighted by Gasteiger charge is 2.65.